The molecule has 1 amide bonds. The first-order valence-corrected chi connectivity index (χ1v) is 7.53. The van der Waals surface area contributed by atoms with Gasteiger partial charge in [0, 0.05) is 17.0 Å². The van der Waals surface area contributed by atoms with E-state index in [1.807, 2.05) is 24.3 Å². The average molecular weight is 278 g/mol. The fraction of sp³-hybridized carbons (Fsp3) is 0.562. The van der Waals surface area contributed by atoms with Gasteiger partial charge >= 0.3 is 0 Å². The molecule has 19 heavy (non-hydrogen) atoms. The summed E-state index contributed by atoms with van der Waals surface area (Å²) in [5, 5.41) is 0.746. The van der Waals surface area contributed by atoms with Crippen LogP contribution in [-0.4, -0.2) is 16.8 Å². The van der Waals surface area contributed by atoms with Crippen molar-refractivity contribution in [2.75, 3.05) is 0 Å². The third kappa shape index (κ3) is 2.64. The van der Waals surface area contributed by atoms with Crippen molar-refractivity contribution in [1.82, 2.24) is 4.90 Å². The quantitative estimate of drug-likeness (QED) is 0.813. The van der Waals surface area contributed by atoms with Crippen molar-refractivity contribution >= 4 is 17.5 Å². The van der Waals surface area contributed by atoms with Gasteiger partial charge in [-0.2, -0.15) is 0 Å². The van der Waals surface area contributed by atoms with E-state index in [0.29, 0.717) is 17.9 Å². The van der Waals surface area contributed by atoms with E-state index in [1.54, 1.807) is 0 Å². The number of amides is 1. The smallest absolute Gasteiger partial charge is 0.226 e. The summed E-state index contributed by atoms with van der Waals surface area (Å²) in [5.74, 6) is 1.21. The van der Waals surface area contributed by atoms with Crippen LogP contribution in [0.5, 0.6) is 0 Å². The number of rotatable bonds is 4. The number of halogens is 1. The molecular weight excluding hydrogens is 258 g/mol. The Morgan fingerprint density at radius 2 is 1.89 bits per heavy atom. The van der Waals surface area contributed by atoms with Crippen molar-refractivity contribution in [3.8, 4) is 0 Å². The normalized spacial score (nSPS) is 26.9. The number of hydrogen-bond acceptors (Lipinski definition) is 1. The molecule has 1 aromatic carbocycles. The van der Waals surface area contributed by atoms with Crippen LogP contribution in [0.3, 0.4) is 0 Å². The fourth-order valence-electron chi connectivity index (χ4n) is 2.80. The molecule has 0 spiro atoms. The number of hydrogen-bond donors (Lipinski definition) is 0. The van der Waals surface area contributed by atoms with Crippen LogP contribution in [0.4, 0.5) is 0 Å². The highest BCUT2D eigenvalue weighted by Gasteiger charge is 2.46. The van der Waals surface area contributed by atoms with Crippen LogP contribution in [0.25, 0.3) is 0 Å². The van der Waals surface area contributed by atoms with Gasteiger partial charge in [-0.3, -0.25) is 4.79 Å². The molecule has 3 unspecified atom stereocenters. The largest absolute Gasteiger partial charge is 0.333 e. The van der Waals surface area contributed by atoms with Crippen LogP contribution in [0.2, 0.25) is 5.02 Å². The van der Waals surface area contributed by atoms with Gasteiger partial charge in [-0.25, -0.2) is 0 Å². The van der Waals surface area contributed by atoms with Crippen molar-refractivity contribution in [3.05, 3.63) is 34.9 Å². The highest BCUT2D eigenvalue weighted by atomic mass is 35.5. The van der Waals surface area contributed by atoms with E-state index in [0.717, 1.165) is 24.3 Å². The van der Waals surface area contributed by atoms with Crippen LogP contribution in [0, 0.1) is 11.8 Å². The summed E-state index contributed by atoms with van der Waals surface area (Å²) in [5.41, 5.74) is 1.18. The zero-order valence-corrected chi connectivity index (χ0v) is 12.2. The van der Waals surface area contributed by atoms with Crippen LogP contribution < -0.4 is 0 Å². The first-order chi connectivity index (χ1) is 9.08. The van der Waals surface area contributed by atoms with Gasteiger partial charge < -0.3 is 4.90 Å². The third-order valence-corrected chi connectivity index (χ3v) is 4.64. The Balaban J connectivity index is 1.79. The van der Waals surface area contributed by atoms with E-state index < -0.39 is 0 Å². The Morgan fingerprint density at radius 3 is 2.37 bits per heavy atom. The van der Waals surface area contributed by atoms with Gasteiger partial charge in [-0.05, 0) is 49.8 Å². The van der Waals surface area contributed by atoms with Gasteiger partial charge in [-0.15, -0.1) is 0 Å². The molecule has 0 heterocycles. The molecule has 2 fully saturated rings. The van der Waals surface area contributed by atoms with E-state index >= 15 is 0 Å². The van der Waals surface area contributed by atoms with Gasteiger partial charge in [0.1, 0.15) is 0 Å². The summed E-state index contributed by atoms with van der Waals surface area (Å²) in [6, 6.07) is 8.50. The molecule has 0 radical (unpaired) electrons. The Hall–Kier alpha value is -1.02. The minimum absolute atomic E-state index is 0.157. The van der Waals surface area contributed by atoms with Crippen molar-refractivity contribution in [2.24, 2.45) is 11.8 Å². The highest BCUT2D eigenvalue weighted by Crippen LogP contribution is 2.44. The summed E-state index contributed by atoms with van der Waals surface area (Å²) in [6.07, 6.45) is 3.38. The summed E-state index contributed by atoms with van der Waals surface area (Å²) < 4.78 is 0. The lowest BCUT2D eigenvalue weighted by molar-refractivity contribution is -0.135. The highest BCUT2D eigenvalue weighted by molar-refractivity contribution is 6.30. The first-order valence-electron chi connectivity index (χ1n) is 7.15. The van der Waals surface area contributed by atoms with Crippen LogP contribution >= 0.6 is 11.6 Å². The van der Waals surface area contributed by atoms with Gasteiger partial charge in [0.05, 0.1) is 6.04 Å². The fourth-order valence-corrected chi connectivity index (χ4v) is 2.93. The van der Waals surface area contributed by atoms with Gasteiger partial charge in [0.2, 0.25) is 5.91 Å². The molecule has 2 aliphatic rings. The van der Waals surface area contributed by atoms with Crippen molar-refractivity contribution in [3.63, 3.8) is 0 Å². The molecule has 2 saturated carbocycles. The predicted molar refractivity (Wildman–Crippen MR) is 77.0 cm³/mol. The van der Waals surface area contributed by atoms with Crippen LogP contribution in [0.15, 0.2) is 24.3 Å². The molecule has 0 N–H and O–H groups in total. The topological polar surface area (TPSA) is 20.3 Å². The number of carbonyl (C=O) groups is 1. The molecule has 3 rings (SSSR count). The maximum absolute atomic E-state index is 12.6. The molecule has 3 heteroatoms. The molecule has 102 valence electrons. The minimum atomic E-state index is 0.157. The van der Waals surface area contributed by atoms with E-state index in [2.05, 4.69) is 18.7 Å². The summed E-state index contributed by atoms with van der Waals surface area (Å²) in [4.78, 5) is 14.7. The second kappa shape index (κ2) is 4.82. The Morgan fingerprint density at radius 1 is 1.32 bits per heavy atom. The molecule has 1 aromatic rings. The average Bonchev–Trinajstić information content (AvgIpc) is 3.27. The lowest BCUT2D eigenvalue weighted by atomic mass is 10.1. The molecule has 2 nitrogen and oxygen atoms in total. The summed E-state index contributed by atoms with van der Waals surface area (Å²) >= 11 is 5.93. The Bertz CT molecular complexity index is 480. The summed E-state index contributed by atoms with van der Waals surface area (Å²) in [6.45, 7) is 4.30. The van der Waals surface area contributed by atoms with Crippen molar-refractivity contribution in [2.45, 2.75) is 45.2 Å². The lowest BCUT2D eigenvalue weighted by Crippen LogP contribution is -2.36. The molecule has 0 bridgehead atoms. The second-order valence-electron chi connectivity index (χ2n) is 6.02. The Kier molecular flexibility index (Phi) is 3.30. The molecule has 0 aliphatic heterocycles. The van der Waals surface area contributed by atoms with Gasteiger partial charge in [0.25, 0.3) is 0 Å². The summed E-state index contributed by atoms with van der Waals surface area (Å²) in [7, 11) is 0. The standard InChI is InChI=1S/C16H20ClNO/c1-10-9-15(10)16(19)18(14-7-8-14)11(2)12-3-5-13(17)6-4-12/h3-6,10-11,14-15H,7-9H2,1-2H3. The number of benzene rings is 1. The second-order valence-corrected chi connectivity index (χ2v) is 6.46. The molecule has 0 aromatic heterocycles. The first kappa shape index (κ1) is 13.0. The zero-order chi connectivity index (χ0) is 13.6. The van der Waals surface area contributed by atoms with Crippen LogP contribution in [0.1, 0.15) is 44.7 Å². The monoisotopic (exact) mass is 277 g/mol. The molecule has 2 aliphatic carbocycles. The van der Waals surface area contributed by atoms with Crippen molar-refractivity contribution < 1.29 is 4.79 Å². The maximum Gasteiger partial charge on any atom is 0.226 e. The van der Waals surface area contributed by atoms with E-state index in [4.69, 9.17) is 11.6 Å². The van der Waals surface area contributed by atoms with Crippen molar-refractivity contribution in [1.29, 1.82) is 0 Å². The molecule has 3 atom stereocenters. The molecular formula is C16H20ClNO. The van der Waals surface area contributed by atoms with E-state index in [9.17, 15) is 4.79 Å². The van der Waals surface area contributed by atoms with E-state index in [1.165, 1.54) is 5.56 Å². The minimum Gasteiger partial charge on any atom is -0.333 e. The maximum atomic E-state index is 12.6. The Labute approximate surface area is 119 Å². The van der Waals surface area contributed by atoms with Gasteiger partial charge in [-0.1, -0.05) is 30.7 Å². The predicted octanol–water partition coefficient (Wildman–Crippen LogP) is 4.05. The van der Waals surface area contributed by atoms with Gasteiger partial charge in [0.15, 0.2) is 0 Å². The zero-order valence-electron chi connectivity index (χ0n) is 11.5. The third-order valence-electron chi connectivity index (χ3n) is 4.39. The van der Waals surface area contributed by atoms with Crippen LogP contribution in [-0.2, 0) is 4.79 Å². The number of carbonyl (C=O) groups excluding carboxylic acids is 1. The SMILES string of the molecule is CC1CC1C(=O)N(C1CC1)C(C)c1ccc(Cl)cc1. The molecule has 0 saturated heterocycles. The van der Waals surface area contributed by atoms with E-state index in [-0.39, 0.29) is 12.0 Å². The number of nitrogens with zero attached hydrogens (tertiary/aromatic N) is 1. The lowest BCUT2D eigenvalue weighted by Gasteiger charge is -2.30.